The summed E-state index contributed by atoms with van der Waals surface area (Å²) in [6.07, 6.45) is -1.12. The number of carbonyl (C=O) groups is 1. The number of ether oxygens (including phenoxy) is 1. The molecule has 1 aliphatic heterocycles. The molecule has 0 atom stereocenters. The van der Waals surface area contributed by atoms with Gasteiger partial charge in [0.1, 0.15) is 0 Å². The lowest BCUT2D eigenvalue weighted by atomic mass is 10.1. The molecule has 0 saturated carbocycles. The SMILES string of the molecule is COCC1CN(OC(=O)N=S(=O)=O)C1. The van der Waals surface area contributed by atoms with E-state index in [0.29, 0.717) is 25.6 Å². The smallest absolute Gasteiger partial charge is 0.384 e. The van der Waals surface area contributed by atoms with Crippen LogP contribution in [0.5, 0.6) is 0 Å². The summed E-state index contributed by atoms with van der Waals surface area (Å²) < 4.78 is 27.4. The third-order valence-electron chi connectivity index (χ3n) is 1.68. The van der Waals surface area contributed by atoms with E-state index < -0.39 is 16.6 Å². The Hall–Kier alpha value is -0.990. The summed E-state index contributed by atoms with van der Waals surface area (Å²) in [5.74, 6) is 0.325. The highest BCUT2D eigenvalue weighted by molar-refractivity contribution is 7.62. The van der Waals surface area contributed by atoms with Crippen LogP contribution in [0.15, 0.2) is 4.36 Å². The monoisotopic (exact) mass is 222 g/mol. The van der Waals surface area contributed by atoms with Crippen molar-refractivity contribution >= 4 is 16.6 Å². The molecule has 0 N–H and O–H groups in total. The van der Waals surface area contributed by atoms with Crippen molar-refractivity contribution in [2.75, 3.05) is 26.8 Å². The van der Waals surface area contributed by atoms with Crippen molar-refractivity contribution in [3.63, 3.8) is 0 Å². The molecule has 1 saturated heterocycles. The maximum atomic E-state index is 10.7. The van der Waals surface area contributed by atoms with Crippen molar-refractivity contribution in [1.82, 2.24) is 5.06 Å². The van der Waals surface area contributed by atoms with Gasteiger partial charge in [0.05, 0.1) is 6.61 Å². The largest absolute Gasteiger partial charge is 0.467 e. The highest BCUT2D eigenvalue weighted by Gasteiger charge is 2.29. The molecule has 1 rings (SSSR count). The summed E-state index contributed by atoms with van der Waals surface area (Å²) in [5, 5.41) is 1.34. The summed E-state index contributed by atoms with van der Waals surface area (Å²) in [6, 6.07) is 0. The molecule has 7 nitrogen and oxygen atoms in total. The summed E-state index contributed by atoms with van der Waals surface area (Å²) in [5.41, 5.74) is 0. The van der Waals surface area contributed by atoms with Crippen LogP contribution in [-0.2, 0) is 20.1 Å². The Balaban J connectivity index is 2.23. The Labute approximate surface area is 82.3 Å². The van der Waals surface area contributed by atoms with Gasteiger partial charge < -0.3 is 9.57 Å². The van der Waals surface area contributed by atoms with Gasteiger partial charge in [-0.3, -0.25) is 0 Å². The Morgan fingerprint density at radius 2 is 2.21 bits per heavy atom. The number of methoxy groups -OCH3 is 1. The van der Waals surface area contributed by atoms with E-state index in [-0.39, 0.29) is 0 Å². The quantitative estimate of drug-likeness (QED) is 0.650. The van der Waals surface area contributed by atoms with Crippen LogP contribution in [0.25, 0.3) is 0 Å². The molecule has 80 valence electrons. The number of carbonyl (C=O) groups excluding carboxylic acids is 1. The van der Waals surface area contributed by atoms with E-state index in [0.717, 1.165) is 0 Å². The van der Waals surface area contributed by atoms with E-state index in [4.69, 9.17) is 4.74 Å². The van der Waals surface area contributed by atoms with Crippen LogP contribution in [0.3, 0.4) is 0 Å². The van der Waals surface area contributed by atoms with Gasteiger partial charge in [-0.05, 0) is 0 Å². The molecule has 0 aromatic heterocycles. The molecular formula is C6H10N2O5S. The van der Waals surface area contributed by atoms with Crippen LogP contribution in [0.4, 0.5) is 4.79 Å². The first-order valence-electron chi connectivity index (χ1n) is 3.88. The summed E-state index contributed by atoms with van der Waals surface area (Å²) >= 11 is 0. The second-order valence-corrected chi connectivity index (χ2v) is 3.45. The number of amides is 1. The van der Waals surface area contributed by atoms with Gasteiger partial charge in [0.25, 0.3) is 0 Å². The number of hydroxylamine groups is 2. The Kier molecular flexibility index (Phi) is 3.98. The van der Waals surface area contributed by atoms with Crippen LogP contribution in [0, 0.1) is 5.92 Å². The molecule has 0 aromatic rings. The second-order valence-electron chi connectivity index (χ2n) is 2.83. The van der Waals surface area contributed by atoms with Crippen molar-refractivity contribution in [3.05, 3.63) is 0 Å². The second kappa shape index (κ2) is 5.03. The first-order chi connectivity index (χ1) is 6.61. The van der Waals surface area contributed by atoms with E-state index in [1.165, 1.54) is 5.06 Å². The van der Waals surface area contributed by atoms with E-state index >= 15 is 0 Å². The lowest BCUT2D eigenvalue weighted by Crippen LogP contribution is -2.48. The molecular weight excluding hydrogens is 212 g/mol. The van der Waals surface area contributed by atoms with Gasteiger partial charge in [-0.25, -0.2) is 4.79 Å². The number of hydrogen-bond acceptors (Lipinski definition) is 6. The van der Waals surface area contributed by atoms with Crippen LogP contribution >= 0.6 is 0 Å². The minimum Gasteiger partial charge on any atom is -0.384 e. The van der Waals surface area contributed by atoms with Crippen molar-refractivity contribution in [2.45, 2.75) is 0 Å². The Morgan fingerprint density at radius 3 is 2.71 bits per heavy atom. The lowest BCUT2D eigenvalue weighted by molar-refractivity contribution is -0.175. The van der Waals surface area contributed by atoms with Crippen LogP contribution in [-0.4, -0.2) is 46.4 Å². The van der Waals surface area contributed by atoms with Gasteiger partial charge in [0.15, 0.2) is 0 Å². The van der Waals surface area contributed by atoms with Gasteiger partial charge in [-0.15, -0.1) is 5.06 Å². The fourth-order valence-electron chi connectivity index (χ4n) is 1.13. The molecule has 1 amide bonds. The molecule has 1 heterocycles. The van der Waals surface area contributed by atoms with Crippen LogP contribution in [0.1, 0.15) is 0 Å². The fraction of sp³-hybridized carbons (Fsp3) is 0.833. The lowest BCUT2D eigenvalue weighted by Gasteiger charge is -2.35. The minimum atomic E-state index is -2.75. The normalized spacial score (nSPS) is 17.2. The molecule has 0 radical (unpaired) electrons. The molecule has 1 fully saturated rings. The number of nitrogens with zero attached hydrogens (tertiary/aromatic N) is 2. The molecule has 14 heavy (non-hydrogen) atoms. The van der Waals surface area contributed by atoms with Gasteiger partial charge in [0.2, 0.25) is 0 Å². The zero-order valence-electron chi connectivity index (χ0n) is 7.54. The predicted molar refractivity (Wildman–Crippen MR) is 44.8 cm³/mol. The van der Waals surface area contributed by atoms with E-state index in [9.17, 15) is 13.2 Å². The summed E-state index contributed by atoms with van der Waals surface area (Å²) in [7, 11) is -1.17. The van der Waals surface area contributed by atoms with Gasteiger partial charge in [0, 0.05) is 26.1 Å². The summed E-state index contributed by atoms with van der Waals surface area (Å²) in [4.78, 5) is 15.2. The molecule has 0 bridgehead atoms. The highest BCUT2D eigenvalue weighted by Crippen LogP contribution is 2.15. The third-order valence-corrected chi connectivity index (χ3v) is 1.98. The first-order valence-corrected chi connectivity index (χ1v) is 4.92. The van der Waals surface area contributed by atoms with Crippen molar-refractivity contribution < 1.29 is 22.8 Å². The fourth-order valence-corrected chi connectivity index (χ4v) is 1.28. The molecule has 1 aliphatic rings. The zero-order valence-corrected chi connectivity index (χ0v) is 8.36. The molecule has 0 spiro atoms. The van der Waals surface area contributed by atoms with E-state index in [1.807, 2.05) is 0 Å². The molecule has 0 aromatic carbocycles. The van der Waals surface area contributed by atoms with Crippen LogP contribution in [0.2, 0.25) is 0 Å². The van der Waals surface area contributed by atoms with Crippen molar-refractivity contribution in [3.8, 4) is 0 Å². The van der Waals surface area contributed by atoms with Gasteiger partial charge in [-0.2, -0.15) is 8.42 Å². The molecule has 0 aliphatic carbocycles. The average Bonchev–Trinajstić information content (AvgIpc) is 1.99. The molecule has 8 heteroatoms. The number of rotatable bonds is 3. The van der Waals surface area contributed by atoms with Crippen molar-refractivity contribution in [2.24, 2.45) is 10.3 Å². The maximum absolute atomic E-state index is 10.7. The third kappa shape index (κ3) is 3.40. The minimum absolute atomic E-state index is 0.325. The molecule has 0 unspecified atom stereocenters. The predicted octanol–water partition coefficient (Wildman–Crippen LogP) is -0.321. The van der Waals surface area contributed by atoms with Gasteiger partial charge >= 0.3 is 16.6 Å². The Bertz CT molecular complexity index is 324. The maximum Gasteiger partial charge on any atom is 0.467 e. The average molecular weight is 222 g/mol. The van der Waals surface area contributed by atoms with Crippen molar-refractivity contribution in [1.29, 1.82) is 0 Å². The Morgan fingerprint density at radius 1 is 1.57 bits per heavy atom. The summed E-state index contributed by atoms with van der Waals surface area (Å²) in [6.45, 7) is 1.68. The van der Waals surface area contributed by atoms with E-state index in [1.54, 1.807) is 7.11 Å². The topological polar surface area (TPSA) is 85.3 Å². The van der Waals surface area contributed by atoms with Crippen LogP contribution < -0.4 is 0 Å². The van der Waals surface area contributed by atoms with Gasteiger partial charge in [-0.1, -0.05) is 4.36 Å². The zero-order chi connectivity index (χ0) is 10.6. The first kappa shape index (κ1) is 11.1. The highest BCUT2D eigenvalue weighted by atomic mass is 32.2. The standard InChI is InChI=1S/C6H10N2O5S/c1-12-4-5-2-8(3-5)13-6(9)7-14(10)11/h5H,2-4H2,1H3. The van der Waals surface area contributed by atoms with E-state index in [2.05, 4.69) is 9.20 Å². The number of hydrogen-bond donors (Lipinski definition) is 0.